The summed E-state index contributed by atoms with van der Waals surface area (Å²) in [6, 6.07) is 10.9. The van der Waals surface area contributed by atoms with Crippen LogP contribution in [0.25, 0.3) is 11.3 Å². The lowest BCUT2D eigenvalue weighted by molar-refractivity contribution is 0.0149. The molecule has 3 aromatic rings. The minimum atomic E-state index is -0.0990. The van der Waals surface area contributed by atoms with E-state index < -0.39 is 0 Å². The first kappa shape index (κ1) is 20.2. The van der Waals surface area contributed by atoms with Gasteiger partial charge in [0.2, 0.25) is 5.88 Å². The average molecular weight is 473 g/mol. The maximum absolute atomic E-state index is 13.0. The second kappa shape index (κ2) is 8.35. The fraction of sp³-hybridized carbons (Fsp3) is 0.286. The molecule has 9 heteroatoms. The third-order valence-corrected chi connectivity index (χ3v) is 5.52. The number of amides is 1. The SMILES string of the molecule is COc1ccc(OC)c(-c2cc(C(=O)N3CC(Oc4ncccc4Br)C3)n(C)n2)c1. The molecule has 1 amide bonds. The van der Waals surface area contributed by atoms with Gasteiger partial charge in [-0.15, -0.1) is 0 Å². The van der Waals surface area contributed by atoms with Gasteiger partial charge in [0.1, 0.15) is 23.3 Å². The number of methoxy groups -OCH3 is 2. The molecule has 3 heterocycles. The van der Waals surface area contributed by atoms with Crippen LogP contribution in [-0.4, -0.2) is 59.0 Å². The minimum Gasteiger partial charge on any atom is -0.497 e. The molecule has 30 heavy (non-hydrogen) atoms. The number of aryl methyl sites for hydroxylation is 1. The van der Waals surface area contributed by atoms with E-state index in [0.29, 0.717) is 41.9 Å². The number of halogens is 1. The number of hydrogen-bond acceptors (Lipinski definition) is 6. The fourth-order valence-electron chi connectivity index (χ4n) is 3.27. The molecule has 1 aromatic carbocycles. The lowest BCUT2D eigenvalue weighted by atomic mass is 10.1. The van der Waals surface area contributed by atoms with Crippen molar-refractivity contribution in [2.24, 2.45) is 7.05 Å². The monoisotopic (exact) mass is 472 g/mol. The number of ether oxygens (including phenoxy) is 3. The first-order valence-electron chi connectivity index (χ1n) is 9.33. The highest BCUT2D eigenvalue weighted by molar-refractivity contribution is 9.10. The summed E-state index contributed by atoms with van der Waals surface area (Å²) in [6.45, 7) is 0.982. The highest BCUT2D eigenvalue weighted by Crippen LogP contribution is 2.33. The van der Waals surface area contributed by atoms with E-state index in [4.69, 9.17) is 14.2 Å². The molecule has 8 nitrogen and oxygen atoms in total. The Bertz CT molecular complexity index is 1080. The predicted octanol–water partition coefficient (Wildman–Crippen LogP) is 3.17. The summed E-state index contributed by atoms with van der Waals surface area (Å²) in [5, 5.41) is 4.51. The number of hydrogen-bond donors (Lipinski definition) is 0. The predicted molar refractivity (Wildman–Crippen MR) is 114 cm³/mol. The van der Waals surface area contributed by atoms with Gasteiger partial charge in [-0.2, -0.15) is 5.10 Å². The molecule has 0 radical (unpaired) electrons. The van der Waals surface area contributed by atoms with Crippen LogP contribution in [-0.2, 0) is 7.05 Å². The van der Waals surface area contributed by atoms with Crippen LogP contribution in [0.15, 0.2) is 47.1 Å². The van der Waals surface area contributed by atoms with Crippen molar-refractivity contribution in [3.8, 4) is 28.6 Å². The van der Waals surface area contributed by atoms with Crippen LogP contribution in [0, 0.1) is 0 Å². The molecule has 0 aliphatic carbocycles. The van der Waals surface area contributed by atoms with Crippen molar-refractivity contribution < 1.29 is 19.0 Å². The Labute approximate surface area is 182 Å². The van der Waals surface area contributed by atoms with Gasteiger partial charge in [0.15, 0.2) is 0 Å². The Hall–Kier alpha value is -3.07. The molecule has 0 saturated carbocycles. The number of carbonyl (C=O) groups excluding carboxylic acids is 1. The molecule has 0 spiro atoms. The van der Waals surface area contributed by atoms with Gasteiger partial charge in [-0.3, -0.25) is 9.48 Å². The topological polar surface area (TPSA) is 78.7 Å². The van der Waals surface area contributed by atoms with Gasteiger partial charge in [-0.1, -0.05) is 0 Å². The summed E-state index contributed by atoms with van der Waals surface area (Å²) in [7, 11) is 4.95. The normalized spacial score (nSPS) is 13.7. The van der Waals surface area contributed by atoms with E-state index >= 15 is 0 Å². The van der Waals surface area contributed by atoms with Gasteiger partial charge in [-0.25, -0.2) is 4.98 Å². The van der Waals surface area contributed by atoms with E-state index in [9.17, 15) is 4.79 Å². The van der Waals surface area contributed by atoms with Crippen LogP contribution in [0.2, 0.25) is 0 Å². The van der Waals surface area contributed by atoms with Gasteiger partial charge in [0.25, 0.3) is 5.91 Å². The number of pyridine rings is 1. The van der Waals surface area contributed by atoms with Crippen molar-refractivity contribution in [1.29, 1.82) is 0 Å². The number of rotatable bonds is 6. The Kier molecular flexibility index (Phi) is 5.63. The molecule has 0 atom stereocenters. The van der Waals surface area contributed by atoms with E-state index in [0.717, 1.165) is 10.0 Å². The van der Waals surface area contributed by atoms with Gasteiger partial charge in [-0.05, 0) is 52.3 Å². The lowest BCUT2D eigenvalue weighted by Crippen LogP contribution is -2.56. The number of likely N-dealkylation sites (tertiary alicyclic amines) is 1. The van der Waals surface area contributed by atoms with Gasteiger partial charge in [0.05, 0.1) is 37.5 Å². The average Bonchev–Trinajstić information content (AvgIpc) is 3.12. The maximum Gasteiger partial charge on any atom is 0.272 e. The van der Waals surface area contributed by atoms with Crippen molar-refractivity contribution in [3.05, 3.63) is 52.8 Å². The highest BCUT2D eigenvalue weighted by atomic mass is 79.9. The van der Waals surface area contributed by atoms with Crippen LogP contribution < -0.4 is 14.2 Å². The fourth-order valence-corrected chi connectivity index (χ4v) is 3.62. The van der Waals surface area contributed by atoms with Crippen molar-refractivity contribution in [2.75, 3.05) is 27.3 Å². The Morgan fingerprint density at radius 2 is 1.97 bits per heavy atom. The van der Waals surface area contributed by atoms with Crippen LogP contribution in [0.1, 0.15) is 10.5 Å². The molecular weight excluding hydrogens is 452 g/mol. The van der Waals surface area contributed by atoms with E-state index in [1.54, 1.807) is 43.1 Å². The summed E-state index contributed by atoms with van der Waals surface area (Å²) in [5.41, 5.74) is 1.89. The zero-order chi connectivity index (χ0) is 21.3. The molecule has 0 bridgehead atoms. The van der Waals surface area contributed by atoms with Crippen molar-refractivity contribution >= 4 is 21.8 Å². The molecule has 2 aromatic heterocycles. The van der Waals surface area contributed by atoms with Gasteiger partial charge < -0.3 is 19.1 Å². The van der Waals surface area contributed by atoms with E-state index in [1.807, 2.05) is 30.3 Å². The smallest absolute Gasteiger partial charge is 0.272 e. The number of nitrogens with zero attached hydrogens (tertiary/aromatic N) is 4. The van der Waals surface area contributed by atoms with Crippen molar-refractivity contribution in [2.45, 2.75) is 6.10 Å². The molecular formula is C21H21BrN4O4. The third-order valence-electron chi connectivity index (χ3n) is 4.92. The molecule has 1 saturated heterocycles. The van der Waals surface area contributed by atoms with Gasteiger partial charge >= 0.3 is 0 Å². The Balaban J connectivity index is 1.48. The van der Waals surface area contributed by atoms with Crippen molar-refractivity contribution in [1.82, 2.24) is 19.7 Å². The summed E-state index contributed by atoms with van der Waals surface area (Å²) < 4.78 is 19.0. The minimum absolute atomic E-state index is 0.0914. The summed E-state index contributed by atoms with van der Waals surface area (Å²) in [6.07, 6.45) is 1.58. The molecule has 4 rings (SSSR count). The largest absolute Gasteiger partial charge is 0.497 e. The number of aromatic nitrogens is 3. The van der Waals surface area contributed by atoms with E-state index in [2.05, 4.69) is 26.0 Å². The molecule has 1 aliphatic heterocycles. The lowest BCUT2D eigenvalue weighted by Gasteiger charge is -2.38. The first-order valence-corrected chi connectivity index (χ1v) is 10.1. The second-order valence-electron chi connectivity index (χ2n) is 6.85. The van der Waals surface area contributed by atoms with Crippen molar-refractivity contribution in [3.63, 3.8) is 0 Å². The third kappa shape index (κ3) is 3.85. The molecule has 1 fully saturated rings. The van der Waals surface area contributed by atoms with E-state index in [-0.39, 0.29) is 12.0 Å². The van der Waals surface area contributed by atoms with Gasteiger partial charge in [0, 0.05) is 18.8 Å². The zero-order valence-corrected chi connectivity index (χ0v) is 18.4. The second-order valence-corrected chi connectivity index (χ2v) is 7.70. The highest BCUT2D eigenvalue weighted by Gasteiger charge is 2.35. The van der Waals surface area contributed by atoms with Crippen LogP contribution in [0.4, 0.5) is 0 Å². The van der Waals surface area contributed by atoms with Crippen LogP contribution in [0.3, 0.4) is 0 Å². The molecule has 0 N–H and O–H groups in total. The number of benzene rings is 1. The first-order chi connectivity index (χ1) is 14.5. The quantitative estimate of drug-likeness (QED) is 0.548. The molecule has 0 unspecified atom stereocenters. The Morgan fingerprint density at radius 3 is 2.67 bits per heavy atom. The summed E-state index contributed by atoms with van der Waals surface area (Å²) >= 11 is 3.42. The van der Waals surface area contributed by atoms with E-state index in [1.165, 1.54) is 0 Å². The number of carbonyl (C=O) groups is 1. The van der Waals surface area contributed by atoms with Crippen LogP contribution >= 0.6 is 15.9 Å². The summed E-state index contributed by atoms with van der Waals surface area (Å²) in [5.74, 6) is 1.78. The maximum atomic E-state index is 13.0. The van der Waals surface area contributed by atoms with Crippen LogP contribution in [0.5, 0.6) is 17.4 Å². The Morgan fingerprint density at radius 1 is 1.17 bits per heavy atom. The standard InChI is InChI=1S/C21H21BrN4O4/c1-25-18(10-17(24-25)15-9-13(28-2)6-7-19(15)29-3)21(27)26-11-14(12-26)30-20-16(22)5-4-8-23-20/h4-10,14H,11-12H2,1-3H3. The summed E-state index contributed by atoms with van der Waals surface area (Å²) in [4.78, 5) is 18.9. The molecule has 1 aliphatic rings. The molecule has 156 valence electrons. The zero-order valence-electron chi connectivity index (χ0n) is 16.8.